The zero-order valence-electron chi connectivity index (χ0n) is 21.9. The maximum absolute atomic E-state index is 2.57. The first-order valence-electron chi connectivity index (χ1n) is 13.5. The number of hydrogen-bond acceptors (Lipinski definition) is 0. The van der Waals surface area contributed by atoms with Crippen molar-refractivity contribution >= 4 is 12.2 Å². The molecule has 30 heavy (non-hydrogen) atoms. The molecule has 0 aliphatic rings. The van der Waals surface area contributed by atoms with E-state index < -0.39 is 0 Å². The summed E-state index contributed by atoms with van der Waals surface area (Å²) in [5, 5.41) is 0. The summed E-state index contributed by atoms with van der Waals surface area (Å²) in [5.74, 6) is 1.83. The summed E-state index contributed by atoms with van der Waals surface area (Å²) in [7, 11) is 0. The largest absolute Gasteiger partial charge is 0.176 e. The molecule has 1 heteroatoms. The molecule has 0 amide bonds. The third-order valence-electron chi connectivity index (χ3n) is 6.90. The molecule has 172 valence electrons. The van der Waals surface area contributed by atoms with Crippen LogP contribution in [-0.4, -0.2) is 6.71 Å². The van der Waals surface area contributed by atoms with Gasteiger partial charge in [-0.05, 0) is 23.3 Å². The predicted molar refractivity (Wildman–Crippen MR) is 141 cm³/mol. The second-order valence-corrected chi connectivity index (χ2v) is 10.7. The van der Waals surface area contributed by atoms with Crippen molar-refractivity contribution < 1.29 is 0 Å². The maximum atomic E-state index is 2.57. The van der Waals surface area contributed by atoms with E-state index >= 15 is 0 Å². The van der Waals surface area contributed by atoms with Crippen LogP contribution in [0.3, 0.4) is 0 Å². The minimum Gasteiger partial charge on any atom is -0.0733 e. The van der Waals surface area contributed by atoms with Gasteiger partial charge >= 0.3 is 0 Å². The third kappa shape index (κ3) is 9.19. The predicted octanol–water partition coefficient (Wildman–Crippen LogP) is 9.70. The van der Waals surface area contributed by atoms with E-state index in [0.717, 1.165) is 6.71 Å². The fourth-order valence-corrected chi connectivity index (χ4v) is 4.90. The van der Waals surface area contributed by atoms with Gasteiger partial charge in [0.15, 0.2) is 6.71 Å². The molecule has 0 saturated carbocycles. The number of unbranched alkanes of at least 4 members (excludes halogenated alkanes) is 8. The molecule has 0 aromatic heterocycles. The fraction of sp³-hybridized carbons (Fsp3) is 0.793. The minimum absolute atomic E-state index is 0.607. The molecule has 0 unspecified atom stereocenters. The lowest BCUT2D eigenvalue weighted by atomic mass is 9.37. The van der Waals surface area contributed by atoms with Crippen molar-refractivity contribution in [1.29, 1.82) is 0 Å². The Morgan fingerprint density at radius 1 is 0.567 bits per heavy atom. The average Bonchev–Trinajstić information content (AvgIpc) is 2.70. The van der Waals surface area contributed by atoms with Gasteiger partial charge in [0.2, 0.25) is 0 Å². The van der Waals surface area contributed by atoms with Crippen LogP contribution in [0.2, 0.25) is 12.6 Å². The molecule has 0 aliphatic carbocycles. The Bertz CT molecular complexity index is 541. The van der Waals surface area contributed by atoms with Crippen LogP contribution in [0.25, 0.3) is 0 Å². The van der Waals surface area contributed by atoms with Crippen LogP contribution >= 0.6 is 0 Å². The van der Waals surface area contributed by atoms with Gasteiger partial charge in [-0.3, -0.25) is 0 Å². The summed E-state index contributed by atoms with van der Waals surface area (Å²) in [5.41, 5.74) is 6.58. The second-order valence-electron chi connectivity index (χ2n) is 10.7. The van der Waals surface area contributed by atoms with Gasteiger partial charge in [0.05, 0.1) is 0 Å². The number of rotatable bonds is 16. The molecule has 0 radical (unpaired) electrons. The van der Waals surface area contributed by atoms with Crippen molar-refractivity contribution in [3.05, 3.63) is 28.8 Å². The van der Waals surface area contributed by atoms with E-state index in [-0.39, 0.29) is 0 Å². The maximum Gasteiger partial charge on any atom is 0.176 e. The van der Waals surface area contributed by atoms with E-state index in [1.807, 2.05) is 0 Å². The summed E-state index contributed by atoms with van der Waals surface area (Å²) in [6.45, 7) is 19.7. The highest BCUT2D eigenvalue weighted by Gasteiger charge is 2.25. The summed E-state index contributed by atoms with van der Waals surface area (Å²) in [4.78, 5) is 0. The summed E-state index contributed by atoms with van der Waals surface area (Å²) in [6, 6.07) is 5.13. The van der Waals surface area contributed by atoms with Crippen LogP contribution in [0.4, 0.5) is 0 Å². The Labute approximate surface area is 191 Å². The molecule has 0 bridgehead atoms. The summed E-state index contributed by atoms with van der Waals surface area (Å²) < 4.78 is 0. The molecule has 0 atom stereocenters. The topological polar surface area (TPSA) is 0 Å². The van der Waals surface area contributed by atoms with Crippen molar-refractivity contribution in [2.24, 2.45) is 0 Å². The van der Waals surface area contributed by atoms with Crippen LogP contribution in [0.5, 0.6) is 0 Å². The van der Waals surface area contributed by atoms with E-state index in [0.29, 0.717) is 17.8 Å². The van der Waals surface area contributed by atoms with Crippen LogP contribution in [-0.2, 0) is 0 Å². The minimum atomic E-state index is 0.607. The van der Waals surface area contributed by atoms with Crippen molar-refractivity contribution in [3.8, 4) is 0 Å². The zero-order chi connectivity index (χ0) is 22.5. The van der Waals surface area contributed by atoms with Crippen molar-refractivity contribution in [3.63, 3.8) is 0 Å². The van der Waals surface area contributed by atoms with E-state index in [1.54, 1.807) is 16.6 Å². The number of benzene rings is 1. The van der Waals surface area contributed by atoms with E-state index in [9.17, 15) is 0 Å². The molecule has 0 spiro atoms. The Morgan fingerprint density at radius 3 is 1.37 bits per heavy atom. The molecule has 0 heterocycles. The third-order valence-corrected chi connectivity index (χ3v) is 6.90. The average molecular weight is 413 g/mol. The van der Waals surface area contributed by atoms with Crippen LogP contribution in [0.1, 0.15) is 154 Å². The van der Waals surface area contributed by atoms with Crippen molar-refractivity contribution in [2.45, 2.75) is 150 Å². The van der Waals surface area contributed by atoms with Gasteiger partial charge in [-0.15, -0.1) is 0 Å². The smallest absolute Gasteiger partial charge is 0.0733 e. The van der Waals surface area contributed by atoms with Crippen LogP contribution in [0.15, 0.2) is 12.1 Å². The molecule has 1 aromatic carbocycles. The molecular weight excluding hydrogens is 359 g/mol. The van der Waals surface area contributed by atoms with Gasteiger partial charge in [0.1, 0.15) is 0 Å². The molecular formula is C29H53B. The summed E-state index contributed by atoms with van der Waals surface area (Å²) in [6.07, 6.45) is 16.7. The Kier molecular flexibility index (Phi) is 13.8. The Hall–Kier alpha value is -0.715. The highest BCUT2D eigenvalue weighted by atomic mass is 14.2. The van der Waals surface area contributed by atoms with Crippen LogP contribution in [0, 0.1) is 0 Å². The molecule has 1 aromatic rings. The quantitative estimate of drug-likeness (QED) is 0.187. The van der Waals surface area contributed by atoms with Gasteiger partial charge in [-0.1, -0.05) is 161 Å². The monoisotopic (exact) mass is 412 g/mol. The SMILES string of the molecule is CCCCCCCCB(CCCCCC)c1c(C(C)C)cc(C(C)C)cc1C(C)C. The van der Waals surface area contributed by atoms with E-state index in [2.05, 4.69) is 67.5 Å². The molecule has 0 N–H and O–H groups in total. The van der Waals surface area contributed by atoms with E-state index in [4.69, 9.17) is 0 Å². The molecule has 1 rings (SSSR count). The lowest BCUT2D eigenvalue weighted by molar-refractivity contribution is 0.622. The lowest BCUT2D eigenvalue weighted by Crippen LogP contribution is -2.37. The molecule has 0 saturated heterocycles. The molecule has 0 fully saturated rings. The first kappa shape index (κ1) is 27.3. The fourth-order valence-electron chi connectivity index (χ4n) is 4.90. The van der Waals surface area contributed by atoms with Crippen LogP contribution < -0.4 is 5.46 Å². The normalized spacial score (nSPS) is 11.8. The van der Waals surface area contributed by atoms with Gasteiger partial charge in [-0.2, -0.15) is 0 Å². The first-order chi connectivity index (χ1) is 14.3. The Balaban J connectivity index is 3.16. The zero-order valence-corrected chi connectivity index (χ0v) is 21.9. The van der Waals surface area contributed by atoms with Crippen molar-refractivity contribution in [1.82, 2.24) is 0 Å². The van der Waals surface area contributed by atoms with Gasteiger partial charge in [0, 0.05) is 0 Å². The van der Waals surface area contributed by atoms with Crippen molar-refractivity contribution in [2.75, 3.05) is 0 Å². The molecule has 0 nitrogen and oxygen atoms in total. The lowest BCUT2D eigenvalue weighted by Gasteiger charge is -2.27. The highest BCUT2D eigenvalue weighted by Crippen LogP contribution is 2.28. The van der Waals surface area contributed by atoms with Gasteiger partial charge < -0.3 is 0 Å². The van der Waals surface area contributed by atoms with E-state index in [1.165, 1.54) is 82.4 Å². The molecule has 0 aliphatic heterocycles. The first-order valence-corrected chi connectivity index (χ1v) is 13.5. The second kappa shape index (κ2) is 15.1. The number of hydrogen-bond donors (Lipinski definition) is 0. The Morgan fingerprint density at radius 2 is 0.967 bits per heavy atom. The summed E-state index contributed by atoms with van der Waals surface area (Å²) >= 11 is 0. The highest BCUT2D eigenvalue weighted by molar-refractivity contribution is 6.74. The standard InChI is InChI=1S/C29H53B/c1-9-11-13-15-16-18-20-30(19-17-14-12-10-2)29-27(24(5)6)21-26(23(3)4)22-28(29)25(7)8/h21-25H,9-20H2,1-8H3. The van der Waals surface area contributed by atoms with Gasteiger partial charge in [-0.25, -0.2) is 0 Å². The van der Waals surface area contributed by atoms with Gasteiger partial charge in [0.25, 0.3) is 0 Å².